The summed E-state index contributed by atoms with van der Waals surface area (Å²) in [7, 11) is -0.677. The van der Waals surface area contributed by atoms with Crippen LogP contribution in [-0.2, 0) is 14.8 Å². The minimum atomic E-state index is -3.60. The van der Waals surface area contributed by atoms with Crippen LogP contribution in [0.2, 0.25) is 0 Å². The van der Waals surface area contributed by atoms with E-state index < -0.39 is 16.1 Å². The zero-order chi connectivity index (χ0) is 20.0. The Morgan fingerprint density at radius 2 is 1.78 bits per heavy atom. The van der Waals surface area contributed by atoms with Crippen molar-refractivity contribution in [3.8, 4) is 0 Å². The summed E-state index contributed by atoms with van der Waals surface area (Å²) in [4.78, 5) is 12.6. The molecular formula is C19H26N4O3S. The average molecular weight is 391 g/mol. The first-order valence-electron chi connectivity index (χ1n) is 8.66. The SMILES string of the molecule is CCNc1ccc(S(=O)(=O)N(C)C)cc1NC(=O)CC(N)c1ccccc1. The number of carbonyl (C=O) groups excluding carboxylic acids is 1. The molecule has 8 heteroatoms. The van der Waals surface area contributed by atoms with Gasteiger partial charge in [0.15, 0.2) is 0 Å². The molecule has 0 aliphatic heterocycles. The maximum absolute atomic E-state index is 12.5. The predicted octanol–water partition coefficient (Wildman–Crippen LogP) is 2.40. The van der Waals surface area contributed by atoms with E-state index in [0.717, 1.165) is 9.87 Å². The molecule has 0 saturated heterocycles. The fourth-order valence-electron chi connectivity index (χ4n) is 2.56. The fourth-order valence-corrected chi connectivity index (χ4v) is 3.49. The topological polar surface area (TPSA) is 105 Å². The van der Waals surface area contributed by atoms with Crippen molar-refractivity contribution in [2.45, 2.75) is 24.3 Å². The van der Waals surface area contributed by atoms with Crippen LogP contribution in [0.15, 0.2) is 53.4 Å². The van der Waals surface area contributed by atoms with Gasteiger partial charge in [-0.05, 0) is 30.7 Å². The highest BCUT2D eigenvalue weighted by Crippen LogP contribution is 2.27. The van der Waals surface area contributed by atoms with Gasteiger partial charge in [-0.1, -0.05) is 30.3 Å². The Hall–Kier alpha value is -2.42. The third kappa shape index (κ3) is 5.29. The number of rotatable bonds is 8. The molecule has 146 valence electrons. The van der Waals surface area contributed by atoms with Crippen LogP contribution in [0.3, 0.4) is 0 Å². The highest BCUT2D eigenvalue weighted by atomic mass is 32.2. The van der Waals surface area contributed by atoms with Crippen molar-refractivity contribution in [2.75, 3.05) is 31.3 Å². The Labute approximate surface area is 160 Å². The lowest BCUT2D eigenvalue weighted by Crippen LogP contribution is -2.23. The predicted molar refractivity (Wildman–Crippen MR) is 108 cm³/mol. The fraction of sp³-hybridized carbons (Fsp3) is 0.316. The maximum Gasteiger partial charge on any atom is 0.242 e. The standard InChI is InChI=1S/C19H26N4O3S/c1-4-21-17-11-10-15(27(25,26)23(2)3)12-18(17)22-19(24)13-16(20)14-8-6-5-7-9-14/h5-12,16,21H,4,13,20H2,1-3H3,(H,22,24). The van der Waals surface area contributed by atoms with Gasteiger partial charge >= 0.3 is 0 Å². The Morgan fingerprint density at radius 3 is 2.37 bits per heavy atom. The highest BCUT2D eigenvalue weighted by molar-refractivity contribution is 7.89. The first-order chi connectivity index (χ1) is 12.8. The van der Waals surface area contributed by atoms with Crippen molar-refractivity contribution in [1.29, 1.82) is 0 Å². The van der Waals surface area contributed by atoms with Crippen LogP contribution in [0.5, 0.6) is 0 Å². The molecule has 7 nitrogen and oxygen atoms in total. The number of sulfonamides is 1. The molecule has 0 aliphatic carbocycles. The van der Waals surface area contributed by atoms with Crippen molar-refractivity contribution in [3.63, 3.8) is 0 Å². The molecular weight excluding hydrogens is 364 g/mol. The van der Waals surface area contributed by atoms with Crippen LogP contribution in [-0.4, -0.2) is 39.3 Å². The second-order valence-electron chi connectivity index (χ2n) is 6.29. The quantitative estimate of drug-likeness (QED) is 0.642. The summed E-state index contributed by atoms with van der Waals surface area (Å²) in [6.07, 6.45) is 0.0836. The van der Waals surface area contributed by atoms with Crippen molar-refractivity contribution in [2.24, 2.45) is 5.73 Å². The number of hydrogen-bond donors (Lipinski definition) is 3. The summed E-state index contributed by atoms with van der Waals surface area (Å²) in [5.74, 6) is -0.287. The van der Waals surface area contributed by atoms with E-state index in [4.69, 9.17) is 5.73 Å². The van der Waals surface area contributed by atoms with Crippen LogP contribution in [0.25, 0.3) is 0 Å². The van der Waals surface area contributed by atoms with Crippen molar-refractivity contribution >= 4 is 27.3 Å². The van der Waals surface area contributed by atoms with Crippen molar-refractivity contribution in [3.05, 3.63) is 54.1 Å². The van der Waals surface area contributed by atoms with Crippen LogP contribution >= 0.6 is 0 Å². The molecule has 27 heavy (non-hydrogen) atoms. The first kappa shape index (κ1) is 20.9. The Kier molecular flexibility index (Phi) is 6.95. The lowest BCUT2D eigenvalue weighted by Gasteiger charge is -2.17. The Balaban J connectivity index is 2.23. The zero-order valence-corrected chi connectivity index (χ0v) is 16.6. The minimum Gasteiger partial charge on any atom is -0.384 e. The van der Waals surface area contributed by atoms with Crippen LogP contribution in [0.4, 0.5) is 11.4 Å². The number of nitrogens with two attached hydrogens (primary N) is 1. The molecule has 0 saturated carbocycles. The van der Waals surface area contributed by atoms with E-state index in [-0.39, 0.29) is 17.2 Å². The summed E-state index contributed by atoms with van der Waals surface area (Å²) in [5, 5.41) is 5.90. The third-order valence-corrected chi connectivity index (χ3v) is 5.86. The van der Waals surface area contributed by atoms with Gasteiger partial charge in [0.05, 0.1) is 16.3 Å². The van der Waals surface area contributed by atoms with Crippen LogP contribution < -0.4 is 16.4 Å². The molecule has 0 spiro atoms. The monoisotopic (exact) mass is 390 g/mol. The molecule has 2 aromatic rings. The summed E-state index contributed by atoms with van der Waals surface area (Å²) in [6, 6.07) is 13.5. The van der Waals surface area contributed by atoms with E-state index >= 15 is 0 Å². The number of carbonyl (C=O) groups is 1. The van der Waals surface area contributed by atoms with Gasteiger partial charge in [0, 0.05) is 33.1 Å². The first-order valence-corrected chi connectivity index (χ1v) is 10.1. The molecule has 0 aromatic heterocycles. The second kappa shape index (κ2) is 8.98. The zero-order valence-electron chi connectivity index (χ0n) is 15.8. The maximum atomic E-state index is 12.5. The van der Waals surface area contributed by atoms with Crippen LogP contribution in [0.1, 0.15) is 24.9 Å². The smallest absolute Gasteiger partial charge is 0.242 e. The van der Waals surface area contributed by atoms with Gasteiger partial charge in [-0.25, -0.2) is 12.7 Å². The molecule has 1 unspecified atom stereocenters. The summed E-state index contributed by atoms with van der Waals surface area (Å²) < 4.78 is 25.9. The van der Waals surface area contributed by atoms with Gasteiger partial charge in [-0.2, -0.15) is 0 Å². The van der Waals surface area contributed by atoms with E-state index in [0.29, 0.717) is 17.9 Å². The molecule has 1 amide bonds. The van der Waals surface area contributed by atoms with Crippen molar-refractivity contribution < 1.29 is 13.2 Å². The van der Waals surface area contributed by atoms with E-state index in [1.54, 1.807) is 6.07 Å². The van der Waals surface area contributed by atoms with Crippen LogP contribution in [0, 0.1) is 0 Å². The Morgan fingerprint density at radius 1 is 1.11 bits per heavy atom. The van der Waals surface area contributed by atoms with E-state index in [2.05, 4.69) is 10.6 Å². The van der Waals surface area contributed by atoms with Gasteiger partial charge in [0.25, 0.3) is 0 Å². The number of anilines is 2. The molecule has 0 radical (unpaired) electrons. The minimum absolute atomic E-state index is 0.0836. The third-order valence-electron chi connectivity index (χ3n) is 4.04. The number of nitrogens with zero attached hydrogens (tertiary/aromatic N) is 1. The molecule has 0 aliphatic rings. The highest BCUT2D eigenvalue weighted by Gasteiger charge is 2.20. The number of nitrogens with one attached hydrogen (secondary N) is 2. The van der Waals surface area contributed by atoms with Gasteiger partial charge in [-0.3, -0.25) is 4.79 Å². The summed E-state index contributed by atoms with van der Waals surface area (Å²) in [5.41, 5.74) is 8.03. The number of benzene rings is 2. The lowest BCUT2D eigenvalue weighted by atomic mass is 10.0. The summed E-state index contributed by atoms with van der Waals surface area (Å²) in [6.45, 7) is 2.55. The molecule has 0 heterocycles. The van der Waals surface area contributed by atoms with Gasteiger partial charge in [-0.15, -0.1) is 0 Å². The molecule has 0 fully saturated rings. The van der Waals surface area contributed by atoms with E-state index in [1.165, 1.54) is 26.2 Å². The van der Waals surface area contributed by atoms with Crippen molar-refractivity contribution in [1.82, 2.24) is 4.31 Å². The average Bonchev–Trinajstić information content (AvgIpc) is 2.63. The second-order valence-corrected chi connectivity index (χ2v) is 8.45. The molecule has 4 N–H and O–H groups in total. The largest absolute Gasteiger partial charge is 0.384 e. The lowest BCUT2D eigenvalue weighted by molar-refractivity contribution is -0.116. The normalized spacial score (nSPS) is 12.6. The van der Waals surface area contributed by atoms with Gasteiger partial charge in [0.1, 0.15) is 0 Å². The molecule has 1 atom stereocenters. The molecule has 0 bridgehead atoms. The van der Waals surface area contributed by atoms with Gasteiger partial charge < -0.3 is 16.4 Å². The molecule has 2 rings (SSSR count). The van der Waals surface area contributed by atoms with E-state index in [9.17, 15) is 13.2 Å². The number of amides is 1. The Bertz CT molecular complexity index is 883. The summed E-state index contributed by atoms with van der Waals surface area (Å²) >= 11 is 0. The van der Waals surface area contributed by atoms with E-state index in [1.807, 2.05) is 37.3 Å². The van der Waals surface area contributed by atoms with Gasteiger partial charge in [0.2, 0.25) is 15.9 Å². The number of hydrogen-bond acceptors (Lipinski definition) is 5. The molecule has 2 aromatic carbocycles.